The quantitative estimate of drug-likeness (QED) is 0.660. The van der Waals surface area contributed by atoms with Crippen molar-refractivity contribution in [1.29, 1.82) is 0 Å². The maximum atomic E-state index is 11.7. The van der Waals surface area contributed by atoms with Crippen LogP contribution in [0.1, 0.15) is 58.8 Å². The summed E-state index contributed by atoms with van der Waals surface area (Å²) in [5.74, 6) is -0.263. The molecule has 1 unspecified atom stereocenters. The van der Waals surface area contributed by atoms with Gasteiger partial charge in [-0.15, -0.1) is 0 Å². The summed E-state index contributed by atoms with van der Waals surface area (Å²) in [5, 5.41) is 10.8. The lowest BCUT2D eigenvalue weighted by atomic mass is 9.87. The van der Waals surface area contributed by atoms with E-state index in [0.717, 1.165) is 62.0 Å². The van der Waals surface area contributed by atoms with Gasteiger partial charge in [-0.25, -0.2) is 9.21 Å². The van der Waals surface area contributed by atoms with E-state index in [-0.39, 0.29) is 11.5 Å². The molecule has 4 rings (SSSR count). The number of β-amino-alcohol motifs (C(OH)–C–C–N with tert-alkyl or cyclic N) is 1. The Kier molecular flexibility index (Phi) is 4.52. The van der Waals surface area contributed by atoms with Crippen LogP contribution >= 0.6 is 11.8 Å². The first-order chi connectivity index (χ1) is 12.0. The Morgan fingerprint density at radius 2 is 2.08 bits per heavy atom. The Bertz CT molecular complexity index is 695. The minimum absolute atomic E-state index is 0.0762. The second-order valence-electron chi connectivity index (χ2n) is 7.65. The zero-order valence-electron chi connectivity index (χ0n) is 14.6. The first-order valence-corrected chi connectivity index (χ1v) is 9.47. The first-order valence-electron chi connectivity index (χ1n) is 9.13. The van der Waals surface area contributed by atoms with Gasteiger partial charge in [0.1, 0.15) is 6.61 Å². The van der Waals surface area contributed by atoms with E-state index < -0.39 is 6.10 Å². The van der Waals surface area contributed by atoms with Crippen molar-refractivity contribution in [3.63, 3.8) is 0 Å². The Morgan fingerprint density at radius 1 is 1.32 bits per heavy atom. The molecule has 0 aromatic heterocycles. The standard InChI is InChI=1S/C19H25ClN2O3/c1-13-14(4-5-15-16(13)11-25-18(15)24)17(23)10-21-8-2-6-19(12-21)7-3-9-22(19)20/h4-5,17,23H,2-3,6-12H2,1H3/t17-,19?/m0/s1. The molecule has 2 atom stereocenters. The summed E-state index contributed by atoms with van der Waals surface area (Å²) >= 11 is 6.47. The third kappa shape index (κ3) is 2.97. The summed E-state index contributed by atoms with van der Waals surface area (Å²) in [5.41, 5.74) is 3.49. The molecular weight excluding hydrogens is 340 g/mol. The van der Waals surface area contributed by atoms with Crippen molar-refractivity contribution in [2.24, 2.45) is 0 Å². The van der Waals surface area contributed by atoms with E-state index >= 15 is 0 Å². The van der Waals surface area contributed by atoms with Crippen LogP contribution in [-0.2, 0) is 11.3 Å². The number of piperidine rings is 1. The van der Waals surface area contributed by atoms with E-state index in [4.69, 9.17) is 16.5 Å². The van der Waals surface area contributed by atoms with E-state index in [1.807, 2.05) is 17.4 Å². The van der Waals surface area contributed by atoms with Crippen molar-refractivity contribution in [3.8, 4) is 0 Å². The highest BCUT2D eigenvalue weighted by Gasteiger charge is 2.43. The fraction of sp³-hybridized carbons (Fsp3) is 0.632. The fourth-order valence-electron chi connectivity index (χ4n) is 4.74. The summed E-state index contributed by atoms with van der Waals surface area (Å²) in [7, 11) is 0. The number of hydrogen-bond donors (Lipinski definition) is 1. The minimum atomic E-state index is -0.568. The highest BCUT2D eigenvalue weighted by Crippen LogP contribution is 2.39. The maximum absolute atomic E-state index is 11.7. The van der Waals surface area contributed by atoms with Crippen LogP contribution in [0.4, 0.5) is 0 Å². The molecule has 3 heterocycles. The number of cyclic esters (lactones) is 1. The molecule has 5 nitrogen and oxygen atoms in total. The van der Waals surface area contributed by atoms with E-state index in [1.54, 1.807) is 6.07 Å². The third-order valence-corrected chi connectivity index (χ3v) is 6.67. The second kappa shape index (κ2) is 6.54. The van der Waals surface area contributed by atoms with Crippen LogP contribution in [0.15, 0.2) is 12.1 Å². The number of hydrogen-bond acceptors (Lipinski definition) is 5. The Morgan fingerprint density at radius 3 is 2.80 bits per heavy atom. The summed E-state index contributed by atoms with van der Waals surface area (Å²) in [6.45, 7) is 5.74. The van der Waals surface area contributed by atoms with Gasteiger partial charge in [0.2, 0.25) is 0 Å². The van der Waals surface area contributed by atoms with Crippen molar-refractivity contribution >= 4 is 17.7 Å². The Hall–Kier alpha value is -1.14. The number of fused-ring (bicyclic) bond motifs is 1. The van der Waals surface area contributed by atoms with Gasteiger partial charge in [0.05, 0.1) is 11.7 Å². The smallest absolute Gasteiger partial charge is 0.338 e. The second-order valence-corrected chi connectivity index (χ2v) is 8.06. The fourth-order valence-corrected chi connectivity index (χ4v) is 5.08. The van der Waals surface area contributed by atoms with Crippen LogP contribution in [0.3, 0.4) is 0 Å². The average molecular weight is 365 g/mol. The molecule has 0 aliphatic carbocycles. The van der Waals surface area contributed by atoms with Crippen LogP contribution in [0.2, 0.25) is 0 Å². The number of benzene rings is 1. The van der Waals surface area contributed by atoms with E-state index in [1.165, 1.54) is 0 Å². The summed E-state index contributed by atoms with van der Waals surface area (Å²) in [4.78, 5) is 14.0. The lowest BCUT2D eigenvalue weighted by molar-refractivity contribution is 0.0476. The predicted octanol–water partition coefficient (Wildman–Crippen LogP) is 2.78. The molecule has 2 fully saturated rings. The molecule has 0 bridgehead atoms. The van der Waals surface area contributed by atoms with Crippen LogP contribution in [0.5, 0.6) is 0 Å². The number of carbonyl (C=O) groups is 1. The molecule has 1 aromatic carbocycles. The first kappa shape index (κ1) is 17.3. The number of esters is 1. The van der Waals surface area contributed by atoms with Crippen LogP contribution in [0.25, 0.3) is 0 Å². The van der Waals surface area contributed by atoms with Crippen molar-refractivity contribution in [1.82, 2.24) is 9.32 Å². The van der Waals surface area contributed by atoms with Gasteiger partial charge in [0.15, 0.2) is 0 Å². The van der Waals surface area contributed by atoms with Crippen LogP contribution in [-0.4, -0.2) is 52.1 Å². The molecule has 136 valence electrons. The van der Waals surface area contributed by atoms with Gasteiger partial charge in [-0.2, -0.15) is 0 Å². The SMILES string of the molecule is Cc1c([C@@H](O)CN2CCCC3(CCCN3Cl)C2)ccc2c1COC2=O. The van der Waals surface area contributed by atoms with Gasteiger partial charge < -0.3 is 9.84 Å². The highest BCUT2D eigenvalue weighted by atomic mass is 35.5. The number of carbonyl (C=O) groups excluding carboxylic acids is 1. The van der Waals surface area contributed by atoms with E-state index in [2.05, 4.69) is 4.90 Å². The van der Waals surface area contributed by atoms with Crippen molar-refractivity contribution in [2.45, 2.75) is 50.9 Å². The molecule has 0 saturated carbocycles. The number of halogens is 1. The number of nitrogens with zero attached hydrogens (tertiary/aromatic N) is 2. The molecule has 1 aromatic rings. The topological polar surface area (TPSA) is 53.0 Å². The van der Waals surface area contributed by atoms with Crippen molar-refractivity contribution < 1.29 is 14.6 Å². The molecule has 25 heavy (non-hydrogen) atoms. The zero-order chi connectivity index (χ0) is 17.6. The van der Waals surface area contributed by atoms with Crippen molar-refractivity contribution in [3.05, 3.63) is 34.4 Å². The number of likely N-dealkylation sites (tertiary alicyclic amines) is 1. The molecule has 2 saturated heterocycles. The van der Waals surface area contributed by atoms with Gasteiger partial charge in [-0.05, 0) is 68.1 Å². The molecule has 1 spiro atoms. The monoisotopic (exact) mass is 364 g/mol. The molecule has 0 radical (unpaired) electrons. The van der Waals surface area contributed by atoms with Crippen LogP contribution in [0, 0.1) is 6.92 Å². The Labute approximate surface area is 153 Å². The van der Waals surface area contributed by atoms with Gasteiger partial charge in [0, 0.05) is 30.7 Å². The lowest BCUT2D eigenvalue weighted by Gasteiger charge is -2.43. The van der Waals surface area contributed by atoms with Gasteiger partial charge in [0.25, 0.3) is 0 Å². The predicted molar refractivity (Wildman–Crippen MR) is 95.5 cm³/mol. The number of ether oxygens (including phenoxy) is 1. The molecule has 3 aliphatic rings. The highest BCUT2D eigenvalue weighted by molar-refractivity contribution is 6.14. The molecule has 6 heteroatoms. The Balaban J connectivity index is 1.49. The summed E-state index contributed by atoms with van der Waals surface area (Å²) < 4.78 is 7.11. The van der Waals surface area contributed by atoms with Crippen LogP contribution < -0.4 is 0 Å². The summed E-state index contributed by atoms with van der Waals surface area (Å²) in [6.07, 6.45) is 3.97. The zero-order valence-corrected chi connectivity index (χ0v) is 15.4. The molecular formula is C19H25ClN2O3. The number of aliphatic hydroxyl groups excluding tert-OH is 1. The average Bonchev–Trinajstić information content (AvgIpc) is 3.13. The summed E-state index contributed by atoms with van der Waals surface area (Å²) in [6, 6.07) is 3.65. The largest absolute Gasteiger partial charge is 0.457 e. The van der Waals surface area contributed by atoms with E-state index in [9.17, 15) is 9.90 Å². The van der Waals surface area contributed by atoms with E-state index in [0.29, 0.717) is 18.7 Å². The molecule has 1 N–H and O–H groups in total. The molecule has 3 aliphatic heterocycles. The third-order valence-electron chi connectivity index (χ3n) is 6.14. The van der Waals surface area contributed by atoms with Gasteiger partial charge >= 0.3 is 5.97 Å². The van der Waals surface area contributed by atoms with Crippen molar-refractivity contribution in [2.75, 3.05) is 26.2 Å². The minimum Gasteiger partial charge on any atom is -0.457 e. The van der Waals surface area contributed by atoms with Gasteiger partial charge in [-0.3, -0.25) is 4.90 Å². The number of rotatable bonds is 3. The van der Waals surface area contributed by atoms with Gasteiger partial charge in [-0.1, -0.05) is 6.07 Å². The number of aliphatic hydroxyl groups is 1. The normalized spacial score (nSPS) is 28.4. The molecule has 0 amide bonds. The lowest BCUT2D eigenvalue weighted by Crippen LogP contribution is -2.53. The maximum Gasteiger partial charge on any atom is 0.338 e.